The molecular weight excluding hydrogens is 292 g/mol. The fraction of sp³-hybridized carbons (Fsp3) is 0.786. The molecule has 0 spiro atoms. The average molecular weight is 314 g/mol. The number of nitrogens with one attached hydrogen (secondary N) is 1. The van der Waals surface area contributed by atoms with Crippen molar-refractivity contribution in [1.29, 1.82) is 0 Å². The summed E-state index contributed by atoms with van der Waals surface area (Å²) < 4.78 is 0. The molecule has 0 aromatic carbocycles. The maximum atomic E-state index is 12.1. The van der Waals surface area contributed by atoms with Crippen LogP contribution in [0, 0.1) is 0 Å². The lowest BCUT2D eigenvalue weighted by molar-refractivity contribution is -0.139. The number of thioether (sulfide) groups is 1. The first-order valence-corrected chi connectivity index (χ1v) is 8.44. The molecule has 1 aliphatic heterocycles. The van der Waals surface area contributed by atoms with Gasteiger partial charge in [-0.3, -0.25) is 14.4 Å². The maximum Gasteiger partial charge on any atom is 0.305 e. The summed E-state index contributed by atoms with van der Waals surface area (Å²) in [5, 5.41) is 12.0. The quantitative estimate of drug-likeness (QED) is 0.781. The van der Waals surface area contributed by atoms with Crippen molar-refractivity contribution in [3.8, 4) is 0 Å². The minimum atomic E-state index is -0.872. The van der Waals surface area contributed by atoms with Crippen molar-refractivity contribution in [2.75, 3.05) is 18.8 Å². The van der Waals surface area contributed by atoms with E-state index in [-0.39, 0.29) is 24.0 Å². The lowest BCUT2D eigenvalue weighted by Crippen LogP contribution is -2.51. The molecule has 1 saturated heterocycles. The largest absolute Gasteiger partial charge is 0.481 e. The Morgan fingerprint density at radius 3 is 2.57 bits per heavy atom. The van der Waals surface area contributed by atoms with Crippen LogP contribution in [0.3, 0.4) is 0 Å². The number of carbonyl (C=O) groups excluding carboxylic acids is 2. The third kappa shape index (κ3) is 4.62. The van der Waals surface area contributed by atoms with Crippen molar-refractivity contribution in [2.24, 2.45) is 0 Å². The summed E-state index contributed by atoms with van der Waals surface area (Å²) in [7, 11) is 0. The molecule has 2 amide bonds. The molecule has 1 saturated carbocycles. The number of hydrogen-bond acceptors (Lipinski definition) is 4. The van der Waals surface area contributed by atoms with Crippen LogP contribution in [-0.4, -0.2) is 51.5 Å². The second-order valence-corrected chi connectivity index (χ2v) is 6.86. The lowest BCUT2D eigenvalue weighted by Gasteiger charge is -2.37. The van der Waals surface area contributed by atoms with E-state index in [1.807, 2.05) is 0 Å². The molecule has 2 N–H and O–H groups in total. The van der Waals surface area contributed by atoms with E-state index in [4.69, 9.17) is 5.11 Å². The molecule has 118 valence electrons. The van der Waals surface area contributed by atoms with Crippen molar-refractivity contribution >= 4 is 28.9 Å². The first-order chi connectivity index (χ1) is 10.0. The van der Waals surface area contributed by atoms with Gasteiger partial charge in [-0.15, -0.1) is 0 Å². The van der Waals surface area contributed by atoms with Gasteiger partial charge in [-0.25, -0.2) is 0 Å². The zero-order valence-corrected chi connectivity index (χ0v) is 12.9. The number of nitrogens with zero attached hydrogens (tertiary/aromatic N) is 1. The lowest BCUT2D eigenvalue weighted by atomic mass is 9.79. The first kappa shape index (κ1) is 16.1. The fourth-order valence-electron chi connectivity index (χ4n) is 3.09. The van der Waals surface area contributed by atoms with E-state index in [1.54, 1.807) is 4.90 Å². The van der Waals surface area contributed by atoms with Crippen LogP contribution in [0.25, 0.3) is 0 Å². The molecule has 2 rings (SSSR count). The second kappa shape index (κ2) is 7.15. The summed E-state index contributed by atoms with van der Waals surface area (Å²) in [6.07, 6.45) is 4.68. The molecule has 0 unspecified atom stereocenters. The molecule has 21 heavy (non-hydrogen) atoms. The van der Waals surface area contributed by atoms with Gasteiger partial charge in [0.2, 0.25) is 5.91 Å². The second-order valence-electron chi connectivity index (χ2n) is 5.81. The Kier molecular flexibility index (Phi) is 5.50. The van der Waals surface area contributed by atoms with E-state index < -0.39 is 11.5 Å². The Balaban J connectivity index is 1.85. The maximum absolute atomic E-state index is 12.1. The molecule has 7 heteroatoms. The molecule has 0 atom stereocenters. The van der Waals surface area contributed by atoms with Crippen LogP contribution in [-0.2, 0) is 9.59 Å². The van der Waals surface area contributed by atoms with Crippen molar-refractivity contribution < 1.29 is 19.5 Å². The van der Waals surface area contributed by atoms with E-state index in [9.17, 15) is 14.4 Å². The number of hydrogen-bond donors (Lipinski definition) is 2. The number of amides is 2. The summed E-state index contributed by atoms with van der Waals surface area (Å²) in [6.45, 7) is 1.11. The molecule has 2 fully saturated rings. The summed E-state index contributed by atoms with van der Waals surface area (Å²) in [5.74, 6) is -0.241. The summed E-state index contributed by atoms with van der Waals surface area (Å²) in [5.41, 5.74) is -0.592. The van der Waals surface area contributed by atoms with Crippen LogP contribution in [0.5, 0.6) is 0 Å². The molecule has 2 aliphatic rings. The Labute approximate surface area is 128 Å². The van der Waals surface area contributed by atoms with Gasteiger partial charge >= 0.3 is 5.97 Å². The van der Waals surface area contributed by atoms with Gasteiger partial charge in [0, 0.05) is 25.3 Å². The average Bonchev–Trinajstić information content (AvgIpc) is 2.82. The molecule has 0 aromatic heterocycles. The molecule has 6 nitrogen and oxygen atoms in total. The van der Waals surface area contributed by atoms with Crippen LogP contribution in [0.1, 0.15) is 44.9 Å². The molecular formula is C14H22N2O4S. The first-order valence-electron chi connectivity index (χ1n) is 7.45. The topological polar surface area (TPSA) is 86.7 Å². The highest BCUT2D eigenvalue weighted by Gasteiger charge is 2.35. The minimum absolute atomic E-state index is 0.0166. The van der Waals surface area contributed by atoms with Gasteiger partial charge in [-0.05, 0) is 12.8 Å². The highest BCUT2D eigenvalue weighted by molar-refractivity contribution is 8.13. The van der Waals surface area contributed by atoms with Crippen LogP contribution >= 0.6 is 11.8 Å². The molecule has 0 bridgehead atoms. The standard InChI is InChI=1S/C14H22N2O4S/c17-11(4-7-16-8-9-21-13(16)20)15-14(10-12(18)19)5-2-1-3-6-14/h1-10H2,(H,15,17)(H,18,19). The fourth-order valence-corrected chi connectivity index (χ4v) is 3.94. The van der Waals surface area contributed by atoms with Gasteiger partial charge in [0.15, 0.2) is 0 Å². The van der Waals surface area contributed by atoms with E-state index in [1.165, 1.54) is 11.8 Å². The highest BCUT2D eigenvalue weighted by atomic mass is 32.2. The van der Waals surface area contributed by atoms with Crippen LogP contribution in [0.2, 0.25) is 0 Å². The summed E-state index contributed by atoms with van der Waals surface area (Å²) in [4.78, 5) is 36.3. The predicted octanol–water partition coefficient (Wildman–Crippen LogP) is 1.84. The van der Waals surface area contributed by atoms with Gasteiger partial charge in [0.25, 0.3) is 5.24 Å². The molecule has 1 aliphatic carbocycles. The Morgan fingerprint density at radius 1 is 1.29 bits per heavy atom. The van der Waals surface area contributed by atoms with Gasteiger partial charge in [-0.2, -0.15) is 0 Å². The van der Waals surface area contributed by atoms with Crippen LogP contribution < -0.4 is 5.32 Å². The number of carbonyl (C=O) groups is 3. The minimum Gasteiger partial charge on any atom is -0.481 e. The van der Waals surface area contributed by atoms with Crippen molar-refractivity contribution in [3.05, 3.63) is 0 Å². The van der Waals surface area contributed by atoms with Gasteiger partial charge < -0.3 is 15.3 Å². The van der Waals surface area contributed by atoms with E-state index in [0.29, 0.717) is 13.1 Å². The predicted molar refractivity (Wildman–Crippen MR) is 80.3 cm³/mol. The molecule has 1 heterocycles. The Bertz CT molecular complexity index is 421. The summed E-state index contributed by atoms with van der Waals surface area (Å²) >= 11 is 1.28. The number of rotatable bonds is 6. The third-order valence-corrected chi connectivity index (χ3v) is 5.05. The van der Waals surface area contributed by atoms with E-state index in [0.717, 1.165) is 37.9 Å². The van der Waals surface area contributed by atoms with Gasteiger partial charge in [0.05, 0.1) is 12.0 Å². The number of carboxylic acids is 1. The van der Waals surface area contributed by atoms with Crippen molar-refractivity contribution in [3.63, 3.8) is 0 Å². The Morgan fingerprint density at radius 2 is 2.00 bits per heavy atom. The highest BCUT2D eigenvalue weighted by Crippen LogP contribution is 2.31. The van der Waals surface area contributed by atoms with Gasteiger partial charge in [0.1, 0.15) is 0 Å². The zero-order chi connectivity index (χ0) is 15.3. The summed E-state index contributed by atoms with van der Waals surface area (Å²) in [6, 6.07) is 0. The normalized spacial score (nSPS) is 21.3. The smallest absolute Gasteiger partial charge is 0.305 e. The molecule has 0 aromatic rings. The number of aliphatic carboxylic acids is 1. The number of carboxylic acid groups (broad SMARTS) is 1. The van der Waals surface area contributed by atoms with E-state index >= 15 is 0 Å². The third-order valence-electron chi connectivity index (χ3n) is 4.16. The SMILES string of the molecule is O=C(O)CC1(NC(=O)CCN2CCSC2=O)CCCCC1. The van der Waals surface area contributed by atoms with Crippen molar-refractivity contribution in [1.82, 2.24) is 10.2 Å². The Hall–Kier alpha value is -1.24. The zero-order valence-electron chi connectivity index (χ0n) is 12.1. The monoisotopic (exact) mass is 314 g/mol. The van der Waals surface area contributed by atoms with Crippen LogP contribution in [0.4, 0.5) is 4.79 Å². The van der Waals surface area contributed by atoms with Crippen LogP contribution in [0.15, 0.2) is 0 Å². The molecule has 0 radical (unpaired) electrons. The van der Waals surface area contributed by atoms with Gasteiger partial charge in [-0.1, -0.05) is 31.0 Å². The van der Waals surface area contributed by atoms with E-state index in [2.05, 4.69) is 5.32 Å². The van der Waals surface area contributed by atoms with Crippen molar-refractivity contribution in [2.45, 2.75) is 50.5 Å².